The number of carbonyl (C=O) groups is 2. The normalized spacial score (nSPS) is 24.2. The molecule has 3 N–H and O–H groups in total. The van der Waals surface area contributed by atoms with Crippen molar-refractivity contribution in [2.45, 2.75) is 50.7 Å². The lowest BCUT2D eigenvalue weighted by Crippen LogP contribution is -2.48. The summed E-state index contributed by atoms with van der Waals surface area (Å²) in [6, 6.07) is 7.05. The number of likely N-dealkylation sites (tertiary alicyclic amines) is 1. The van der Waals surface area contributed by atoms with Crippen molar-refractivity contribution < 1.29 is 14.3 Å². The highest BCUT2D eigenvalue weighted by Gasteiger charge is 2.34. The lowest BCUT2D eigenvalue weighted by Gasteiger charge is -2.33. The first kappa shape index (κ1) is 19.4. The summed E-state index contributed by atoms with van der Waals surface area (Å²) in [5.41, 5.74) is 6.97. The molecule has 7 heteroatoms. The second-order valence-electron chi connectivity index (χ2n) is 7.14. The van der Waals surface area contributed by atoms with Gasteiger partial charge in [0, 0.05) is 22.3 Å². The number of nitrogens with two attached hydrogens (primary N) is 1. The van der Waals surface area contributed by atoms with Gasteiger partial charge in [0.2, 0.25) is 5.91 Å². The number of hydrogen-bond donors (Lipinski definition) is 2. The van der Waals surface area contributed by atoms with Gasteiger partial charge in [-0.1, -0.05) is 0 Å². The molecule has 0 spiro atoms. The Morgan fingerprint density at radius 1 is 1.15 bits per heavy atom. The SMILES string of the molecule is N[C@H](C(=O)N1CCCC1)[C@H]1CCC[C@@H](OC(=O)Nc2ccc(I)cc2)C1. The number of nitrogens with one attached hydrogen (secondary N) is 1. The number of rotatable bonds is 4. The van der Waals surface area contributed by atoms with Gasteiger partial charge >= 0.3 is 6.09 Å². The zero-order valence-corrected chi connectivity index (χ0v) is 17.0. The van der Waals surface area contributed by atoms with Crippen molar-refractivity contribution >= 4 is 40.3 Å². The fourth-order valence-corrected chi connectivity index (χ4v) is 4.16. The maximum Gasteiger partial charge on any atom is 0.411 e. The first-order valence-corrected chi connectivity index (χ1v) is 10.4. The van der Waals surface area contributed by atoms with E-state index in [9.17, 15) is 9.59 Å². The minimum Gasteiger partial charge on any atom is -0.446 e. The van der Waals surface area contributed by atoms with E-state index in [0.717, 1.165) is 48.8 Å². The van der Waals surface area contributed by atoms with Gasteiger partial charge in [-0.3, -0.25) is 10.1 Å². The molecular weight excluding hydrogens is 445 g/mol. The highest BCUT2D eigenvalue weighted by Crippen LogP contribution is 2.29. The molecule has 1 saturated carbocycles. The van der Waals surface area contributed by atoms with Crippen molar-refractivity contribution in [1.29, 1.82) is 0 Å². The van der Waals surface area contributed by atoms with E-state index in [-0.39, 0.29) is 17.9 Å². The van der Waals surface area contributed by atoms with Gasteiger partial charge in [0.25, 0.3) is 0 Å². The number of carbonyl (C=O) groups excluding carboxylic acids is 2. The lowest BCUT2D eigenvalue weighted by molar-refractivity contribution is -0.133. The molecule has 1 aliphatic heterocycles. The molecule has 0 radical (unpaired) electrons. The second kappa shape index (κ2) is 9.03. The Balaban J connectivity index is 1.50. The average Bonchev–Trinajstić information content (AvgIpc) is 3.17. The molecule has 2 amide bonds. The Bertz CT molecular complexity index is 631. The summed E-state index contributed by atoms with van der Waals surface area (Å²) < 4.78 is 6.68. The smallest absolute Gasteiger partial charge is 0.411 e. The molecule has 2 aliphatic rings. The van der Waals surface area contributed by atoms with E-state index in [1.54, 1.807) is 0 Å². The maximum atomic E-state index is 12.5. The van der Waals surface area contributed by atoms with Crippen LogP contribution in [-0.2, 0) is 9.53 Å². The molecule has 1 aliphatic carbocycles. The van der Waals surface area contributed by atoms with E-state index < -0.39 is 12.1 Å². The van der Waals surface area contributed by atoms with Crippen molar-refractivity contribution in [3.63, 3.8) is 0 Å². The Labute approximate surface area is 168 Å². The van der Waals surface area contributed by atoms with Gasteiger partial charge in [0.1, 0.15) is 6.10 Å². The molecule has 142 valence electrons. The third kappa shape index (κ3) is 5.09. The minimum absolute atomic E-state index is 0.0523. The summed E-state index contributed by atoms with van der Waals surface area (Å²) in [6.45, 7) is 1.63. The van der Waals surface area contributed by atoms with Crippen LogP contribution in [0.25, 0.3) is 0 Å². The zero-order valence-electron chi connectivity index (χ0n) is 14.8. The van der Waals surface area contributed by atoms with Crippen LogP contribution in [0, 0.1) is 9.49 Å². The molecular formula is C19H26IN3O3. The number of benzene rings is 1. The summed E-state index contributed by atoms with van der Waals surface area (Å²) in [4.78, 5) is 26.5. The molecule has 2 fully saturated rings. The van der Waals surface area contributed by atoms with E-state index >= 15 is 0 Å². The van der Waals surface area contributed by atoms with Crippen LogP contribution in [0.4, 0.5) is 10.5 Å². The number of ether oxygens (including phenoxy) is 1. The molecule has 0 aromatic heterocycles. The fourth-order valence-electron chi connectivity index (χ4n) is 3.80. The summed E-state index contributed by atoms with van der Waals surface area (Å²) in [6.07, 6.45) is 4.81. The van der Waals surface area contributed by atoms with E-state index in [4.69, 9.17) is 10.5 Å². The first-order valence-electron chi connectivity index (χ1n) is 9.30. The number of nitrogens with zero attached hydrogens (tertiary/aromatic N) is 1. The van der Waals surface area contributed by atoms with Gasteiger partial charge in [-0.05, 0) is 91.3 Å². The highest BCUT2D eigenvalue weighted by atomic mass is 127. The van der Waals surface area contributed by atoms with Gasteiger partial charge in [-0.15, -0.1) is 0 Å². The predicted octanol–water partition coefficient (Wildman–Crippen LogP) is 3.35. The molecule has 3 rings (SSSR count). The molecule has 26 heavy (non-hydrogen) atoms. The molecule has 0 unspecified atom stereocenters. The van der Waals surface area contributed by atoms with Crippen LogP contribution < -0.4 is 11.1 Å². The molecule has 1 aromatic rings. The Kier molecular flexibility index (Phi) is 6.74. The number of hydrogen-bond acceptors (Lipinski definition) is 4. The Morgan fingerprint density at radius 2 is 1.85 bits per heavy atom. The van der Waals surface area contributed by atoms with Gasteiger partial charge in [-0.25, -0.2) is 4.79 Å². The minimum atomic E-state index is -0.487. The Morgan fingerprint density at radius 3 is 2.54 bits per heavy atom. The monoisotopic (exact) mass is 471 g/mol. The standard InChI is InChI=1S/C19H26IN3O3/c20-14-6-8-15(9-7-14)22-19(25)26-16-5-3-4-13(12-16)17(21)18(24)23-10-1-2-11-23/h6-9,13,16-17H,1-5,10-12,21H2,(H,22,25)/t13-,16+,17-/m0/s1. The molecule has 6 nitrogen and oxygen atoms in total. The zero-order chi connectivity index (χ0) is 18.5. The van der Waals surface area contributed by atoms with Crippen molar-refractivity contribution in [3.05, 3.63) is 27.8 Å². The Hall–Kier alpha value is -1.35. The van der Waals surface area contributed by atoms with E-state index in [2.05, 4.69) is 27.9 Å². The van der Waals surface area contributed by atoms with Crippen LogP contribution in [0.5, 0.6) is 0 Å². The van der Waals surface area contributed by atoms with Crippen LogP contribution in [0.3, 0.4) is 0 Å². The molecule has 3 atom stereocenters. The van der Waals surface area contributed by atoms with Crippen LogP contribution in [-0.4, -0.2) is 42.1 Å². The van der Waals surface area contributed by atoms with Crippen LogP contribution >= 0.6 is 22.6 Å². The highest BCUT2D eigenvalue weighted by molar-refractivity contribution is 14.1. The third-order valence-electron chi connectivity index (χ3n) is 5.24. The van der Waals surface area contributed by atoms with Gasteiger partial charge in [-0.2, -0.15) is 0 Å². The maximum absolute atomic E-state index is 12.5. The van der Waals surface area contributed by atoms with Gasteiger partial charge in [0.05, 0.1) is 6.04 Å². The summed E-state index contributed by atoms with van der Waals surface area (Å²) >= 11 is 2.22. The largest absolute Gasteiger partial charge is 0.446 e. The van der Waals surface area contributed by atoms with Crippen molar-refractivity contribution in [1.82, 2.24) is 4.90 Å². The lowest BCUT2D eigenvalue weighted by atomic mass is 9.82. The number of amides is 2. The summed E-state index contributed by atoms with van der Waals surface area (Å²) in [7, 11) is 0. The third-order valence-corrected chi connectivity index (χ3v) is 5.96. The first-order chi connectivity index (χ1) is 12.5. The summed E-state index contributed by atoms with van der Waals surface area (Å²) in [5, 5.41) is 2.76. The van der Waals surface area contributed by atoms with Crippen molar-refractivity contribution in [2.24, 2.45) is 11.7 Å². The van der Waals surface area contributed by atoms with E-state index in [1.807, 2.05) is 29.2 Å². The van der Waals surface area contributed by atoms with Crippen molar-refractivity contribution in [3.8, 4) is 0 Å². The van der Waals surface area contributed by atoms with Crippen LogP contribution in [0.2, 0.25) is 0 Å². The number of anilines is 1. The van der Waals surface area contributed by atoms with Gasteiger partial charge in [0.15, 0.2) is 0 Å². The van der Waals surface area contributed by atoms with E-state index in [0.29, 0.717) is 12.1 Å². The van der Waals surface area contributed by atoms with Crippen molar-refractivity contribution in [2.75, 3.05) is 18.4 Å². The molecule has 1 heterocycles. The topological polar surface area (TPSA) is 84.7 Å². The van der Waals surface area contributed by atoms with Gasteiger partial charge < -0.3 is 15.4 Å². The van der Waals surface area contributed by atoms with E-state index in [1.165, 1.54) is 0 Å². The van der Waals surface area contributed by atoms with Crippen LogP contribution in [0.15, 0.2) is 24.3 Å². The molecule has 0 bridgehead atoms. The second-order valence-corrected chi connectivity index (χ2v) is 8.39. The predicted molar refractivity (Wildman–Crippen MR) is 109 cm³/mol. The molecule has 1 saturated heterocycles. The molecule has 1 aromatic carbocycles. The number of halogens is 1. The quantitative estimate of drug-likeness (QED) is 0.660. The van der Waals surface area contributed by atoms with Crippen LogP contribution in [0.1, 0.15) is 38.5 Å². The summed E-state index contributed by atoms with van der Waals surface area (Å²) in [5.74, 6) is 0.129. The average molecular weight is 471 g/mol. The fraction of sp³-hybridized carbons (Fsp3) is 0.579.